The van der Waals surface area contributed by atoms with Gasteiger partial charge in [0.25, 0.3) is 0 Å². The van der Waals surface area contributed by atoms with E-state index < -0.39 is 70.6 Å². The number of carbonyl (C=O) groups excluding carboxylic acids is 2. The number of hydrogen-bond donors (Lipinski definition) is 5. The van der Waals surface area contributed by atoms with E-state index >= 15 is 0 Å². The average molecular weight is 801 g/mol. The Hall–Kier alpha value is -2.41. The van der Waals surface area contributed by atoms with Crippen LogP contribution in [0.1, 0.15) is 142 Å². The molecular formula is C42H73O12P. The molecule has 0 aliphatic rings. The number of unbranched alkanes of at least 4 members (excludes halogenated alkanes) is 9. The highest BCUT2D eigenvalue weighted by molar-refractivity contribution is 7.47. The van der Waals surface area contributed by atoms with Gasteiger partial charge in [-0.05, 0) is 77.0 Å². The number of aliphatic hydroxyl groups is 4. The van der Waals surface area contributed by atoms with E-state index in [1.54, 1.807) is 6.08 Å². The van der Waals surface area contributed by atoms with Gasteiger partial charge in [-0.25, -0.2) is 4.57 Å². The first-order chi connectivity index (χ1) is 26.5. The van der Waals surface area contributed by atoms with Gasteiger partial charge in [-0.3, -0.25) is 18.6 Å². The molecule has 0 radical (unpaired) electrons. The molecule has 0 rings (SSSR count). The Bertz CT molecular complexity index is 1140. The third-order valence-corrected chi connectivity index (χ3v) is 9.31. The maximum atomic E-state index is 12.6. The summed E-state index contributed by atoms with van der Waals surface area (Å²) in [5, 5.41) is 39.0. The van der Waals surface area contributed by atoms with Crippen LogP contribution >= 0.6 is 7.82 Å². The summed E-state index contributed by atoms with van der Waals surface area (Å²) in [6.07, 6.45) is 32.2. The Balaban J connectivity index is 4.62. The van der Waals surface area contributed by atoms with Crippen molar-refractivity contribution in [3.8, 4) is 0 Å². The molecule has 5 N–H and O–H groups in total. The van der Waals surface area contributed by atoms with E-state index in [-0.39, 0.29) is 32.1 Å². The van der Waals surface area contributed by atoms with Crippen LogP contribution in [0.15, 0.2) is 60.8 Å². The number of aliphatic hydroxyl groups excluding tert-OH is 4. The van der Waals surface area contributed by atoms with E-state index in [2.05, 4.69) is 60.9 Å². The lowest BCUT2D eigenvalue weighted by Crippen LogP contribution is -2.30. The predicted molar refractivity (Wildman–Crippen MR) is 217 cm³/mol. The van der Waals surface area contributed by atoms with Gasteiger partial charge < -0.3 is 34.8 Å². The number of carbonyl (C=O) groups is 2. The summed E-state index contributed by atoms with van der Waals surface area (Å²) in [6.45, 7) is 1.88. The van der Waals surface area contributed by atoms with Gasteiger partial charge in [0.1, 0.15) is 12.7 Å². The standard InChI is InChI=1S/C42H73O12P/c1-3-5-7-9-11-13-15-17-19-21-23-25-27-31-41(47)51-35-38(36-53-55(49,50)52-34-37(44)33-43)54-42(48)32-28-30-40(46)39(45)29-26-24-22-20-18-16-14-12-10-8-6-4-2/h6,8,12-15,18,20,24,26,37-40,43-46H,3-5,7,9-11,16-17,19,21-23,25,27-36H2,1-2H3,(H,49,50)/b8-6-,14-12-,15-13-,20-18-,26-24-/t37-,38+,39+,40+/m0/s1. The minimum absolute atomic E-state index is 0.128. The normalized spacial score (nSPS) is 15.7. The van der Waals surface area contributed by atoms with Crippen molar-refractivity contribution in [3.05, 3.63) is 60.8 Å². The van der Waals surface area contributed by atoms with Crippen LogP contribution in [0.3, 0.4) is 0 Å². The van der Waals surface area contributed by atoms with E-state index in [0.29, 0.717) is 12.8 Å². The summed E-state index contributed by atoms with van der Waals surface area (Å²) in [4.78, 5) is 35.0. The summed E-state index contributed by atoms with van der Waals surface area (Å²) < 4.78 is 32.4. The molecule has 1 unspecified atom stereocenters. The second-order valence-corrected chi connectivity index (χ2v) is 15.0. The van der Waals surface area contributed by atoms with Crippen LogP contribution in [0, 0.1) is 0 Å². The highest BCUT2D eigenvalue weighted by Crippen LogP contribution is 2.43. The number of esters is 2. The van der Waals surface area contributed by atoms with Gasteiger partial charge in [0.15, 0.2) is 6.10 Å². The molecule has 55 heavy (non-hydrogen) atoms. The molecule has 13 heteroatoms. The summed E-state index contributed by atoms with van der Waals surface area (Å²) in [5.74, 6) is -1.23. The number of phosphoric ester groups is 1. The molecule has 0 saturated heterocycles. The minimum Gasteiger partial charge on any atom is -0.462 e. The molecule has 0 aromatic carbocycles. The van der Waals surface area contributed by atoms with E-state index in [1.165, 1.54) is 25.7 Å². The van der Waals surface area contributed by atoms with Crippen molar-refractivity contribution >= 4 is 19.8 Å². The van der Waals surface area contributed by atoms with Crippen molar-refractivity contribution in [2.45, 2.75) is 167 Å². The van der Waals surface area contributed by atoms with Gasteiger partial charge in [0, 0.05) is 12.8 Å². The molecule has 0 bridgehead atoms. The maximum Gasteiger partial charge on any atom is 0.472 e. The van der Waals surface area contributed by atoms with Crippen LogP contribution < -0.4 is 0 Å². The summed E-state index contributed by atoms with van der Waals surface area (Å²) in [5.41, 5.74) is 0. The maximum absolute atomic E-state index is 12.6. The fourth-order valence-corrected chi connectivity index (χ4v) is 5.86. The first-order valence-electron chi connectivity index (χ1n) is 20.4. The van der Waals surface area contributed by atoms with Gasteiger partial charge in [0.2, 0.25) is 0 Å². The van der Waals surface area contributed by atoms with Crippen LogP contribution in [0.25, 0.3) is 0 Å². The van der Waals surface area contributed by atoms with Crippen LogP contribution in [0.5, 0.6) is 0 Å². The second-order valence-electron chi connectivity index (χ2n) is 13.6. The molecule has 0 aromatic rings. The molecule has 5 atom stereocenters. The Morgan fingerprint density at radius 2 is 1.16 bits per heavy atom. The molecule has 0 spiro atoms. The van der Waals surface area contributed by atoms with Gasteiger partial charge in [0.05, 0.1) is 32.0 Å². The zero-order valence-corrected chi connectivity index (χ0v) is 34.5. The monoisotopic (exact) mass is 800 g/mol. The molecule has 0 aliphatic heterocycles. The van der Waals surface area contributed by atoms with Crippen LogP contribution in [-0.4, -0.2) is 88.1 Å². The third kappa shape index (κ3) is 35.7. The molecule has 0 heterocycles. The van der Waals surface area contributed by atoms with Gasteiger partial charge >= 0.3 is 19.8 Å². The van der Waals surface area contributed by atoms with Gasteiger partial charge in [-0.1, -0.05) is 113 Å². The molecule has 0 aromatic heterocycles. The Morgan fingerprint density at radius 1 is 0.618 bits per heavy atom. The fourth-order valence-electron chi connectivity index (χ4n) is 5.07. The molecule has 318 valence electrons. The van der Waals surface area contributed by atoms with Gasteiger partial charge in [-0.15, -0.1) is 0 Å². The molecule has 0 fully saturated rings. The predicted octanol–water partition coefficient (Wildman–Crippen LogP) is 8.27. The summed E-state index contributed by atoms with van der Waals surface area (Å²) in [6, 6.07) is 0. The number of phosphoric acid groups is 1. The number of hydrogen-bond acceptors (Lipinski definition) is 11. The molecular weight excluding hydrogens is 727 g/mol. The fraction of sp³-hybridized carbons (Fsp3) is 0.714. The number of ether oxygens (including phenoxy) is 2. The minimum atomic E-state index is -4.70. The Morgan fingerprint density at radius 3 is 1.78 bits per heavy atom. The van der Waals surface area contributed by atoms with Crippen molar-refractivity contribution in [2.75, 3.05) is 26.4 Å². The SMILES string of the molecule is CC/C=C\C/C=C\C/C=C\C/C=C\C[C@@H](O)[C@H](O)CCCC(=O)O[C@H](COC(=O)CCCCCCC/C=C\CCCCCC)COP(=O)(O)OC[C@@H](O)CO. The zero-order valence-electron chi connectivity index (χ0n) is 33.6. The molecule has 0 aliphatic carbocycles. The van der Waals surface area contributed by atoms with Crippen molar-refractivity contribution < 1.29 is 58.0 Å². The van der Waals surface area contributed by atoms with E-state index in [0.717, 1.165) is 57.8 Å². The zero-order chi connectivity index (χ0) is 40.8. The smallest absolute Gasteiger partial charge is 0.462 e. The number of rotatable bonds is 37. The first-order valence-corrected chi connectivity index (χ1v) is 21.9. The highest BCUT2D eigenvalue weighted by Gasteiger charge is 2.27. The lowest BCUT2D eigenvalue weighted by atomic mass is 10.0. The average Bonchev–Trinajstić information content (AvgIpc) is 3.17. The Kier molecular flexibility index (Phi) is 35.6. The van der Waals surface area contributed by atoms with Crippen molar-refractivity contribution in [2.24, 2.45) is 0 Å². The molecule has 0 amide bonds. The second kappa shape index (κ2) is 37.2. The number of allylic oxidation sites excluding steroid dienone is 9. The quantitative estimate of drug-likeness (QED) is 0.0175. The first kappa shape index (κ1) is 52.6. The molecule has 0 saturated carbocycles. The summed E-state index contributed by atoms with van der Waals surface area (Å²) >= 11 is 0. The third-order valence-electron chi connectivity index (χ3n) is 8.36. The lowest BCUT2D eigenvalue weighted by molar-refractivity contribution is -0.161. The highest BCUT2D eigenvalue weighted by atomic mass is 31.2. The lowest BCUT2D eigenvalue weighted by Gasteiger charge is -2.20. The Labute approximate surface area is 331 Å². The van der Waals surface area contributed by atoms with Crippen molar-refractivity contribution in [1.29, 1.82) is 0 Å². The van der Waals surface area contributed by atoms with Crippen molar-refractivity contribution in [1.82, 2.24) is 0 Å². The van der Waals surface area contributed by atoms with Crippen molar-refractivity contribution in [3.63, 3.8) is 0 Å². The summed E-state index contributed by atoms with van der Waals surface area (Å²) in [7, 11) is -4.70. The van der Waals surface area contributed by atoms with E-state index in [9.17, 15) is 34.4 Å². The van der Waals surface area contributed by atoms with Crippen LogP contribution in [0.2, 0.25) is 0 Å². The molecule has 12 nitrogen and oxygen atoms in total. The van der Waals surface area contributed by atoms with Gasteiger partial charge in [-0.2, -0.15) is 0 Å². The van der Waals surface area contributed by atoms with Crippen LogP contribution in [0.4, 0.5) is 0 Å². The topological polar surface area (TPSA) is 189 Å². The van der Waals surface area contributed by atoms with Crippen LogP contribution in [-0.2, 0) is 32.7 Å². The largest absolute Gasteiger partial charge is 0.472 e. The van der Waals surface area contributed by atoms with E-state index in [1.807, 2.05) is 12.2 Å². The van der Waals surface area contributed by atoms with E-state index in [4.69, 9.17) is 19.1 Å².